The zero-order valence-electron chi connectivity index (χ0n) is 17.7. The first-order valence-corrected chi connectivity index (χ1v) is 11.3. The largest absolute Gasteiger partial charge is 0.479 e. The molecule has 2 amide bonds. The van der Waals surface area contributed by atoms with Gasteiger partial charge in [-0.3, -0.25) is 9.59 Å². The minimum absolute atomic E-state index is 0.0169. The van der Waals surface area contributed by atoms with E-state index in [4.69, 9.17) is 10.00 Å². The molecule has 0 radical (unpaired) electrons. The van der Waals surface area contributed by atoms with Crippen LogP contribution >= 0.6 is 11.3 Å². The molecule has 3 aromatic rings. The first-order chi connectivity index (χ1) is 15.6. The van der Waals surface area contributed by atoms with Gasteiger partial charge in [-0.15, -0.1) is 11.3 Å². The molecule has 1 aliphatic heterocycles. The Morgan fingerprint density at radius 2 is 2.03 bits per heavy atom. The number of carbonyl (C=O) groups is 2. The summed E-state index contributed by atoms with van der Waals surface area (Å²) in [6, 6.07) is 20.3. The second kappa shape index (κ2) is 9.67. The van der Waals surface area contributed by atoms with Gasteiger partial charge in [-0.25, -0.2) is 0 Å². The van der Waals surface area contributed by atoms with Crippen molar-refractivity contribution in [2.45, 2.75) is 25.8 Å². The number of rotatable bonds is 6. The van der Waals surface area contributed by atoms with Crippen LogP contribution in [0.5, 0.6) is 5.75 Å². The number of piperidine rings is 1. The predicted molar refractivity (Wildman–Crippen MR) is 125 cm³/mol. The number of ether oxygens (including phenoxy) is 1. The number of thiophene rings is 1. The van der Waals surface area contributed by atoms with Gasteiger partial charge in [0.2, 0.25) is 11.8 Å². The molecular weight excluding hydrogens is 422 g/mol. The number of aryl methyl sites for hydroxylation is 1. The Hall–Kier alpha value is -3.63. The van der Waals surface area contributed by atoms with Gasteiger partial charge in [-0.1, -0.05) is 29.8 Å². The number of nitrogens with zero attached hydrogens (tertiary/aromatic N) is 2. The van der Waals surface area contributed by atoms with Crippen LogP contribution in [0.4, 0.5) is 11.4 Å². The van der Waals surface area contributed by atoms with Crippen LogP contribution in [0.2, 0.25) is 0 Å². The fourth-order valence-electron chi connectivity index (χ4n) is 3.98. The minimum Gasteiger partial charge on any atom is -0.479 e. The summed E-state index contributed by atoms with van der Waals surface area (Å²) in [6.45, 7) is 1.94. The lowest BCUT2D eigenvalue weighted by Crippen LogP contribution is -2.46. The normalized spacial score (nSPS) is 18.1. The zero-order chi connectivity index (χ0) is 22.5. The molecule has 2 unspecified atom stereocenters. The molecule has 0 aliphatic carbocycles. The van der Waals surface area contributed by atoms with Crippen LogP contribution in [0, 0.1) is 24.2 Å². The van der Waals surface area contributed by atoms with Gasteiger partial charge in [0.15, 0.2) is 6.61 Å². The van der Waals surface area contributed by atoms with E-state index < -0.39 is 5.92 Å². The molecule has 1 aliphatic rings. The van der Waals surface area contributed by atoms with Crippen molar-refractivity contribution >= 4 is 34.5 Å². The van der Waals surface area contributed by atoms with Crippen molar-refractivity contribution in [3.63, 3.8) is 0 Å². The maximum Gasteiger partial charge on any atom is 0.229 e. The van der Waals surface area contributed by atoms with Crippen molar-refractivity contribution in [2.24, 2.45) is 5.92 Å². The number of carbonyl (C=O) groups excluding carboxylic acids is 2. The van der Waals surface area contributed by atoms with E-state index in [-0.39, 0.29) is 24.5 Å². The molecule has 32 heavy (non-hydrogen) atoms. The number of benzene rings is 2. The third-order valence-electron chi connectivity index (χ3n) is 5.49. The van der Waals surface area contributed by atoms with Gasteiger partial charge in [0.1, 0.15) is 11.8 Å². The highest BCUT2D eigenvalue weighted by Gasteiger charge is 2.42. The highest BCUT2D eigenvalue weighted by atomic mass is 32.1. The summed E-state index contributed by atoms with van der Waals surface area (Å²) in [5, 5.41) is 13.7. The molecule has 162 valence electrons. The lowest BCUT2D eigenvalue weighted by atomic mass is 9.86. The second-order valence-corrected chi connectivity index (χ2v) is 8.65. The summed E-state index contributed by atoms with van der Waals surface area (Å²) in [5.41, 5.74) is 2.50. The Labute approximate surface area is 191 Å². The number of anilines is 2. The van der Waals surface area contributed by atoms with E-state index in [0.717, 1.165) is 16.1 Å². The van der Waals surface area contributed by atoms with Gasteiger partial charge >= 0.3 is 0 Å². The highest BCUT2D eigenvalue weighted by molar-refractivity contribution is 7.10. The fourth-order valence-corrected chi connectivity index (χ4v) is 4.86. The molecule has 0 spiro atoms. The SMILES string of the molecule is Cc1ccc(N2C(=O)CCC(C(=O)Nc3cccc(OCC#N)c3)C2c2cccs2)cc1. The van der Waals surface area contributed by atoms with Crippen LogP contribution in [0.15, 0.2) is 66.0 Å². The van der Waals surface area contributed by atoms with E-state index in [1.54, 1.807) is 40.5 Å². The van der Waals surface area contributed by atoms with E-state index in [9.17, 15) is 9.59 Å². The lowest BCUT2D eigenvalue weighted by Gasteiger charge is -2.40. The standard InChI is InChI=1S/C25H23N3O3S/c1-17-7-9-19(10-8-17)28-23(29)12-11-21(24(28)22-6-3-15-32-22)25(30)27-18-4-2-5-20(16-18)31-14-13-26/h2-10,15-16,21,24H,11-12,14H2,1H3,(H,27,30). The predicted octanol–water partition coefficient (Wildman–Crippen LogP) is 5.08. The van der Waals surface area contributed by atoms with E-state index in [2.05, 4.69) is 5.32 Å². The molecule has 1 N–H and O–H groups in total. The second-order valence-electron chi connectivity index (χ2n) is 7.67. The van der Waals surface area contributed by atoms with Crippen molar-refractivity contribution < 1.29 is 14.3 Å². The van der Waals surface area contributed by atoms with Gasteiger partial charge in [0.25, 0.3) is 0 Å². The van der Waals surface area contributed by atoms with E-state index in [1.807, 2.05) is 54.8 Å². The monoisotopic (exact) mass is 445 g/mol. The Balaban J connectivity index is 1.63. The van der Waals surface area contributed by atoms with Crippen LogP contribution in [-0.2, 0) is 9.59 Å². The van der Waals surface area contributed by atoms with Crippen molar-refractivity contribution in [1.29, 1.82) is 5.26 Å². The molecule has 0 bridgehead atoms. The number of hydrogen-bond acceptors (Lipinski definition) is 5. The Kier molecular flexibility index (Phi) is 6.52. The smallest absolute Gasteiger partial charge is 0.229 e. The van der Waals surface area contributed by atoms with Crippen molar-refractivity contribution in [2.75, 3.05) is 16.8 Å². The molecule has 4 rings (SSSR count). The first kappa shape index (κ1) is 21.6. The molecule has 1 aromatic heterocycles. The topological polar surface area (TPSA) is 82.4 Å². The summed E-state index contributed by atoms with van der Waals surface area (Å²) in [5.74, 6) is -0.0238. The molecule has 7 heteroatoms. The summed E-state index contributed by atoms with van der Waals surface area (Å²) < 4.78 is 5.34. The van der Waals surface area contributed by atoms with Crippen LogP contribution in [0.1, 0.15) is 29.3 Å². The fraction of sp³-hybridized carbons (Fsp3) is 0.240. The van der Waals surface area contributed by atoms with Gasteiger partial charge in [0.05, 0.1) is 12.0 Å². The molecular formula is C25H23N3O3S. The summed E-state index contributed by atoms with van der Waals surface area (Å²) in [6.07, 6.45) is 0.777. The Morgan fingerprint density at radius 3 is 2.75 bits per heavy atom. The van der Waals surface area contributed by atoms with Crippen molar-refractivity contribution in [3.05, 3.63) is 76.5 Å². The van der Waals surface area contributed by atoms with Gasteiger partial charge in [-0.2, -0.15) is 5.26 Å². The van der Waals surface area contributed by atoms with Gasteiger partial charge in [0, 0.05) is 28.7 Å². The third-order valence-corrected chi connectivity index (χ3v) is 6.43. The van der Waals surface area contributed by atoms with E-state index in [1.165, 1.54) is 0 Å². The number of hydrogen-bond donors (Lipinski definition) is 1. The molecule has 0 saturated carbocycles. The van der Waals surface area contributed by atoms with E-state index >= 15 is 0 Å². The lowest BCUT2D eigenvalue weighted by molar-refractivity contribution is -0.125. The first-order valence-electron chi connectivity index (χ1n) is 10.4. The highest BCUT2D eigenvalue weighted by Crippen LogP contribution is 2.42. The number of nitriles is 1. The molecule has 2 atom stereocenters. The molecule has 2 aromatic carbocycles. The van der Waals surface area contributed by atoms with Crippen molar-refractivity contribution in [3.8, 4) is 11.8 Å². The number of nitrogens with one attached hydrogen (secondary N) is 1. The van der Waals surface area contributed by atoms with Crippen molar-refractivity contribution in [1.82, 2.24) is 0 Å². The molecule has 1 fully saturated rings. The Morgan fingerprint density at radius 1 is 1.22 bits per heavy atom. The zero-order valence-corrected chi connectivity index (χ0v) is 18.5. The van der Waals surface area contributed by atoms with Crippen LogP contribution in [-0.4, -0.2) is 18.4 Å². The van der Waals surface area contributed by atoms with E-state index in [0.29, 0.717) is 24.3 Å². The maximum atomic E-state index is 13.4. The van der Waals surface area contributed by atoms with Crippen LogP contribution < -0.4 is 15.0 Å². The van der Waals surface area contributed by atoms with Gasteiger partial charge in [-0.05, 0) is 49.1 Å². The summed E-state index contributed by atoms with van der Waals surface area (Å²) in [7, 11) is 0. The maximum absolute atomic E-state index is 13.4. The van der Waals surface area contributed by atoms with Crippen LogP contribution in [0.3, 0.4) is 0 Å². The summed E-state index contributed by atoms with van der Waals surface area (Å²) in [4.78, 5) is 29.2. The number of amides is 2. The quantitative estimate of drug-likeness (QED) is 0.573. The average Bonchev–Trinajstić information content (AvgIpc) is 3.33. The average molecular weight is 446 g/mol. The molecule has 6 nitrogen and oxygen atoms in total. The molecule has 2 heterocycles. The molecule has 1 saturated heterocycles. The van der Waals surface area contributed by atoms with Gasteiger partial charge < -0.3 is 15.0 Å². The third kappa shape index (κ3) is 4.66. The Bertz CT molecular complexity index is 1140. The summed E-state index contributed by atoms with van der Waals surface area (Å²) >= 11 is 1.55. The van der Waals surface area contributed by atoms with Crippen LogP contribution in [0.25, 0.3) is 0 Å². The minimum atomic E-state index is -0.406.